The molecule has 0 unspecified atom stereocenters. The summed E-state index contributed by atoms with van der Waals surface area (Å²) in [6.45, 7) is 10.6. The summed E-state index contributed by atoms with van der Waals surface area (Å²) >= 11 is 0. The van der Waals surface area contributed by atoms with Crippen LogP contribution in [0.2, 0.25) is 0 Å². The zero-order valence-electron chi connectivity index (χ0n) is 33.8. The summed E-state index contributed by atoms with van der Waals surface area (Å²) in [6.07, 6.45) is 0. The topological polar surface area (TPSA) is 32.8 Å². The molecule has 284 valence electrons. The van der Waals surface area contributed by atoms with Gasteiger partial charge in [-0.1, -0.05) is 82.9 Å². The molecule has 0 aliphatic rings. The largest absolute Gasteiger partial charge is 0.456 e. The van der Waals surface area contributed by atoms with Gasteiger partial charge in [0.05, 0.1) is 5.39 Å². The van der Waals surface area contributed by atoms with Crippen LogP contribution >= 0.6 is 0 Å². The third-order valence-electron chi connectivity index (χ3n) is 11.9. The highest BCUT2D eigenvalue weighted by Gasteiger charge is 2.21. The number of benzene rings is 9. The first-order chi connectivity index (χ1) is 28.7. The minimum Gasteiger partial charge on any atom is -0.456 e. The lowest BCUT2D eigenvalue weighted by Crippen LogP contribution is -2.09. The molecule has 11 aromatic rings. The Bertz CT molecular complexity index is 3320. The average molecular weight is 763 g/mol. The second-order valence-electron chi connectivity index (χ2n) is 16.3. The maximum Gasteiger partial charge on any atom is 0.147 e. The highest BCUT2D eigenvalue weighted by atomic mass is 16.3. The fraction of sp³-hybridized carbons (Fsp3) is 0.0909. The van der Waals surface area contributed by atoms with Gasteiger partial charge in [0.1, 0.15) is 22.3 Å². The van der Waals surface area contributed by atoms with E-state index in [2.05, 4.69) is 208 Å². The Morgan fingerprint density at radius 2 is 0.678 bits per heavy atom. The van der Waals surface area contributed by atoms with Crippen molar-refractivity contribution in [3.63, 3.8) is 0 Å². The Balaban J connectivity index is 1.05. The molecule has 0 atom stereocenters. The van der Waals surface area contributed by atoms with Gasteiger partial charge in [-0.25, -0.2) is 0 Å². The highest BCUT2D eigenvalue weighted by molar-refractivity contribution is 6.25. The number of hydrogen-bond acceptors (Lipinski definition) is 4. The molecule has 0 N–H and O–H groups in total. The van der Waals surface area contributed by atoms with Crippen LogP contribution in [0.1, 0.15) is 27.8 Å². The number of fused-ring (bicyclic) bond motifs is 9. The molecule has 0 fully saturated rings. The van der Waals surface area contributed by atoms with Gasteiger partial charge in [0.25, 0.3) is 0 Å². The van der Waals surface area contributed by atoms with Crippen molar-refractivity contribution < 1.29 is 8.83 Å². The van der Waals surface area contributed by atoms with E-state index in [4.69, 9.17) is 8.83 Å². The molecule has 0 aliphatic heterocycles. The van der Waals surface area contributed by atoms with E-state index in [1.807, 2.05) is 0 Å². The molecule has 4 heteroatoms. The summed E-state index contributed by atoms with van der Waals surface area (Å²) in [5.74, 6) is 0. The smallest absolute Gasteiger partial charge is 0.147 e. The standard InChI is InChI=1S/C55H42N2O2/c1-33-6-16-42(17-7-33)56(43-18-8-34(2)9-19-43)46-24-14-38-29-48-49-26-37(5)54-53(55(49)59-51(48)31-40(38)27-46)50-30-39-15-25-47(28-41(39)32-52(50)58-54)57(44-20-10-35(3)11-21-44)45-22-12-36(4)13-23-45/h6-32H,1-5H3. The Kier molecular flexibility index (Phi) is 7.92. The first-order valence-corrected chi connectivity index (χ1v) is 20.3. The summed E-state index contributed by atoms with van der Waals surface area (Å²) < 4.78 is 13.6. The highest BCUT2D eigenvalue weighted by Crippen LogP contribution is 2.45. The van der Waals surface area contributed by atoms with E-state index < -0.39 is 0 Å². The molecule has 0 aliphatic carbocycles. The van der Waals surface area contributed by atoms with E-state index in [1.54, 1.807) is 0 Å². The van der Waals surface area contributed by atoms with Crippen LogP contribution < -0.4 is 9.80 Å². The lowest BCUT2D eigenvalue weighted by atomic mass is 10.0. The van der Waals surface area contributed by atoms with E-state index in [1.165, 1.54) is 27.6 Å². The number of hydrogen-bond donors (Lipinski definition) is 0. The number of nitrogens with zero attached hydrogens (tertiary/aromatic N) is 2. The summed E-state index contributed by atoms with van der Waals surface area (Å²) in [7, 11) is 0. The SMILES string of the molecule is Cc1ccc(N(c2ccc(C)cc2)c2ccc3cc4c(cc3c2)oc2c4cc(C)c3oc4cc5cc(N(c6ccc(C)cc6)c6ccc(C)cc6)ccc5cc4c32)cc1. The molecule has 0 spiro atoms. The third kappa shape index (κ3) is 5.90. The van der Waals surface area contributed by atoms with E-state index in [0.717, 1.165) is 99.7 Å². The van der Waals surface area contributed by atoms with Gasteiger partial charge in [-0.2, -0.15) is 0 Å². The Hall–Kier alpha value is -7.30. The van der Waals surface area contributed by atoms with Crippen LogP contribution in [0.4, 0.5) is 34.1 Å². The van der Waals surface area contributed by atoms with E-state index in [-0.39, 0.29) is 0 Å². The van der Waals surface area contributed by atoms with Gasteiger partial charge in [0.2, 0.25) is 0 Å². The molecule has 0 amide bonds. The normalized spacial score (nSPS) is 11.8. The van der Waals surface area contributed by atoms with Crippen molar-refractivity contribution in [2.75, 3.05) is 9.80 Å². The lowest BCUT2D eigenvalue weighted by molar-refractivity contribution is 0.661. The van der Waals surface area contributed by atoms with Crippen molar-refractivity contribution in [3.05, 3.63) is 192 Å². The number of anilines is 6. The number of rotatable bonds is 6. The van der Waals surface area contributed by atoms with Crippen LogP contribution in [-0.4, -0.2) is 0 Å². The van der Waals surface area contributed by atoms with E-state index in [9.17, 15) is 0 Å². The maximum atomic E-state index is 6.89. The quantitative estimate of drug-likeness (QED) is 0.169. The molecule has 0 radical (unpaired) electrons. The molecule has 0 saturated carbocycles. The van der Waals surface area contributed by atoms with Gasteiger partial charge < -0.3 is 18.6 Å². The summed E-state index contributed by atoms with van der Waals surface area (Å²) in [5.41, 5.74) is 16.1. The fourth-order valence-corrected chi connectivity index (χ4v) is 8.74. The molecular formula is C55H42N2O2. The van der Waals surface area contributed by atoms with Crippen LogP contribution in [0, 0.1) is 34.6 Å². The van der Waals surface area contributed by atoms with Gasteiger partial charge in [0.15, 0.2) is 0 Å². The molecule has 2 aromatic heterocycles. The van der Waals surface area contributed by atoms with Crippen LogP contribution in [0.25, 0.3) is 65.4 Å². The van der Waals surface area contributed by atoms with E-state index in [0.29, 0.717) is 0 Å². The molecular weight excluding hydrogens is 721 g/mol. The Morgan fingerprint density at radius 3 is 1.12 bits per heavy atom. The molecule has 9 aromatic carbocycles. The van der Waals surface area contributed by atoms with E-state index >= 15 is 0 Å². The average Bonchev–Trinajstić information content (AvgIpc) is 3.79. The second kappa shape index (κ2) is 13.4. The summed E-state index contributed by atoms with van der Waals surface area (Å²) in [5, 5.41) is 8.83. The van der Waals surface area contributed by atoms with Crippen LogP contribution in [0.15, 0.2) is 173 Å². The van der Waals surface area contributed by atoms with Crippen molar-refractivity contribution in [1.82, 2.24) is 0 Å². The molecule has 11 rings (SSSR count). The van der Waals surface area contributed by atoms with Gasteiger partial charge in [0, 0.05) is 50.3 Å². The third-order valence-corrected chi connectivity index (χ3v) is 11.9. The monoisotopic (exact) mass is 762 g/mol. The Morgan fingerprint density at radius 1 is 0.305 bits per heavy atom. The van der Waals surface area contributed by atoms with Gasteiger partial charge in [-0.3, -0.25) is 0 Å². The van der Waals surface area contributed by atoms with Crippen LogP contribution in [-0.2, 0) is 0 Å². The lowest BCUT2D eigenvalue weighted by Gasteiger charge is -2.26. The van der Waals surface area contributed by atoms with Crippen molar-refractivity contribution >= 4 is 99.5 Å². The zero-order valence-corrected chi connectivity index (χ0v) is 33.8. The van der Waals surface area contributed by atoms with Crippen molar-refractivity contribution in [3.8, 4) is 0 Å². The molecule has 0 saturated heterocycles. The van der Waals surface area contributed by atoms with Gasteiger partial charge in [-0.15, -0.1) is 0 Å². The zero-order chi connectivity index (χ0) is 39.9. The molecule has 0 bridgehead atoms. The molecule has 4 nitrogen and oxygen atoms in total. The molecule has 2 heterocycles. The number of furan rings is 2. The van der Waals surface area contributed by atoms with Gasteiger partial charge in [-0.05, 0) is 165 Å². The minimum atomic E-state index is 0.847. The summed E-state index contributed by atoms with van der Waals surface area (Å²) in [6, 6.07) is 59.5. The van der Waals surface area contributed by atoms with Crippen molar-refractivity contribution in [2.45, 2.75) is 34.6 Å². The maximum absolute atomic E-state index is 6.89. The van der Waals surface area contributed by atoms with Crippen LogP contribution in [0.5, 0.6) is 0 Å². The van der Waals surface area contributed by atoms with Gasteiger partial charge >= 0.3 is 0 Å². The minimum absolute atomic E-state index is 0.847. The fourth-order valence-electron chi connectivity index (χ4n) is 8.74. The van der Waals surface area contributed by atoms with Crippen molar-refractivity contribution in [2.24, 2.45) is 0 Å². The predicted molar refractivity (Wildman–Crippen MR) is 249 cm³/mol. The summed E-state index contributed by atoms with van der Waals surface area (Å²) in [4.78, 5) is 4.64. The van der Waals surface area contributed by atoms with Crippen LogP contribution in [0.3, 0.4) is 0 Å². The van der Waals surface area contributed by atoms with Crippen molar-refractivity contribution in [1.29, 1.82) is 0 Å². The molecule has 59 heavy (non-hydrogen) atoms. The first-order valence-electron chi connectivity index (χ1n) is 20.3. The number of aryl methyl sites for hydroxylation is 5. The second-order valence-corrected chi connectivity index (χ2v) is 16.3. The predicted octanol–water partition coefficient (Wildman–Crippen LogP) is 16.3. The first kappa shape index (κ1) is 34.9. The Labute approximate surface area is 343 Å².